The van der Waals surface area contributed by atoms with Crippen LogP contribution in [0.15, 0.2) is 18.3 Å². The van der Waals surface area contributed by atoms with Gasteiger partial charge in [-0.25, -0.2) is 10.8 Å². The molecule has 0 aliphatic carbocycles. The molecule has 1 rings (SSSR count). The lowest BCUT2D eigenvalue weighted by molar-refractivity contribution is -0.147. The van der Waals surface area contributed by atoms with Crippen LogP contribution in [0.3, 0.4) is 0 Å². The van der Waals surface area contributed by atoms with E-state index in [0.717, 1.165) is 0 Å². The first-order chi connectivity index (χ1) is 8.46. The third-order valence-corrected chi connectivity index (χ3v) is 2.36. The lowest BCUT2D eigenvalue weighted by Gasteiger charge is -2.23. The predicted octanol–water partition coefficient (Wildman–Crippen LogP) is 2.14. The van der Waals surface area contributed by atoms with Crippen LogP contribution in [-0.2, 0) is 6.54 Å². The van der Waals surface area contributed by atoms with Crippen molar-refractivity contribution in [2.75, 3.05) is 18.5 Å². The summed E-state index contributed by atoms with van der Waals surface area (Å²) in [6, 6.07) is 3.38. The lowest BCUT2D eigenvalue weighted by atomic mass is 10.2. The number of nitrogen functional groups attached to an aromatic ring is 1. The minimum atomic E-state index is -4.20. The van der Waals surface area contributed by atoms with Crippen LogP contribution in [0.4, 0.5) is 19.0 Å². The van der Waals surface area contributed by atoms with Crippen molar-refractivity contribution in [3.8, 4) is 0 Å². The second kappa shape index (κ2) is 6.55. The molecule has 18 heavy (non-hydrogen) atoms. The number of nitrogens with zero attached hydrogens (tertiary/aromatic N) is 2. The third-order valence-electron chi connectivity index (χ3n) is 2.36. The number of halogens is 3. The molecule has 7 heteroatoms. The highest BCUT2D eigenvalue weighted by atomic mass is 19.4. The van der Waals surface area contributed by atoms with Crippen LogP contribution in [0.1, 0.15) is 18.9 Å². The van der Waals surface area contributed by atoms with Gasteiger partial charge in [-0.05, 0) is 19.0 Å². The molecule has 1 heterocycles. The van der Waals surface area contributed by atoms with E-state index in [1.165, 1.54) is 11.1 Å². The molecule has 3 N–H and O–H groups in total. The Morgan fingerprint density at radius 2 is 2.17 bits per heavy atom. The van der Waals surface area contributed by atoms with Gasteiger partial charge >= 0.3 is 6.18 Å². The molecule has 0 radical (unpaired) electrons. The zero-order valence-electron chi connectivity index (χ0n) is 10.2. The van der Waals surface area contributed by atoms with Crippen LogP contribution < -0.4 is 11.3 Å². The molecule has 0 spiro atoms. The second-order valence-corrected chi connectivity index (χ2v) is 3.98. The van der Waals surface area contributed by atoms with Gasteiger partial charge in [0.25, 0.3) is 0 Å². The molecule has 0 unspecified atom stereocenters. The predicted molar refractivity (Wildman–Crippen MR) is 63.7 cm³/mol. The highest BCUT2D eigenvalue weighted by molar-refractivity contribution is 5.42. The minimum Gasteiger partial charge on any atom is -0.308 e. The summed E-state index contributed by atoms with van der Waals surface area (Å²) >= 11 is 0. The Kier molecular flexibility index (Phi) is 5.36. The van der Waals surface area contributed by atoms with Gasteiger partial charge in [-0.1, -0.05) is 13.0 Å². The van der Waals surface area contributed by atoms with Crippen molar-refractivity contribution in [2.45, 2.75) is 26.1 Å². The molecule has 0 saturated heterocycles. The SMILES string of the molecule is CCCN(Cc1cccnc1NN)CC(F)(F)F. The first-order valence-corrected chi connectivity index (χ1v) is 5.66. The molecule has 0 fully saturated rings. The Labute approximate surface area is 104 Å². The number of nitrogens with one attached hydrogen (secondary N) is 1. The molecule has 0 saturated carbocycles. The van der Waals surface area contributed by atoms with E-state index in [2.05, 4.69) is 10.4 Å². The van der Waals surface area contributed by atoms with Crippen molar-refractivity contribution < 1.29 is 13.2 Å². The third kappa shape index (κ3) is 4.89. The first kappa shape index (κ1) is 14.7. The minimum absolute atomic E-state index is 0.167. The van der Waals surface area contributed by atoms with E-state index in [0.29, 0.717) is 24.3 Å². The molecule has 0 aliphatic rings. The molecule has 0 bridgehead atoms. The Balaban J connectivity index is 2.76. The Morgan fingerprint density at radius 1 is 1.44 bits per heavy atom. The molecule has 4 nitrogen and oxygen atoms in total. The van der Waals surface area contributed by atoms with Crippen LogP contribution in [0, 0.1) is 0 Å². The molecule has 1 aromatic heterocycles. The van der Waals surface area contributed by atoms with Gasteiger partial charge in [-0.2, -0.15) is 13.2 Å². The summed E-state index contributed by atoms with van der Waals surface area (Å²) in [5.41, 5.74) is 3.04. The van der Waals surface area contributed by atoms with E-state index in [1.807, 2.05) is 6.92 Å². The number of hydrazine groups is 1. The Bertz CT molecular complexity index is 368. The van der Waals surface area contributed by atoms with Crippen molar-refractivity contribution in [2.24, 2.45) is 5.84 Å². The Hall–Kier alpha value is -1.34. The van der Waals surface area contributed by atoms with Crippen LogP contribution in [-0.4, -0.2) is 29.1 Å². The van der Waals surface area contributed by atoms with Crippen LogP contribution in [0.25, 0.3) is 0 Å². The fraction of sp³-hybridized carbons (Fsp3) is 0.545. The zero-order chi connectivity index (χ0) is 13.6. The summed E-state index contributed by atoms with van der Waals surface area (Å²) in [4.78, 5) is 5.29. The molecule has 102 valence electrons. The molecular weight excluding hydrogens is 245 g/mol. The van der Waals surface area contributed by atoms with Gasteiger partial charge in [0, 0.05) is 18.3 Å². The smallest absolute Gasteiger partial charge is 0.308 e. The summed E-state index contributed by atoms with van der Waals surface area (Å²) in [6.45, 7) is 1.45. The number of aromatic nitrogens is 1. The maximum Gasteiger partial charge on any atom is 0.401 e. The van der Waals surface area contributed by atoms with Crippen molar-refractivity contribution in [1.29, 1.82) is 0 Å². The quantitative estimate of drug-likeness (QED) is 0.609. The summed E-state index contributed by atoms with van der Waals surface area (Å²) < 4.78 is 37.2. The van der Waals surface area contributed by atoms with Crippen molar-refractivity contribution in [3.63, 3.8) is 0 Å². The Morgan fingerprint density at radius 3 is 2.72 bits per heavy atom. The van der Waals surface area contributed by atoms with Gasteiger partial charge in [0.2, 0.25) is 0 Å². The maximum atomic E-state index is 12.4. The number of pyridine rings is 1. The highest BCUT2D eigenvalue weighted by Crippen LogP contribution is 2.20. The lowest BCUT2D eigenvalue weighted by Crippen LogP contribution is -2.34. The summed E-state index contributed by atoms with van der Waals surface area (Å²) in [6.07, 6.45) is -2.01. The van der Waals surface area contributed by atoms with Gasteiger partial charge in [-0.15, -0.1) is 0 Å². The summed E-state index contributed by atoms with van der Waals surface area (Å²) in [5.74, 6) is 5.68. The van der Waals surface area contributed by atoms with Crippen LogP contribution in [0.2, 0.25) is 0 Å². The van der Waals surface area contributed by atoms with Crippen LogP contribution in [0.5, 0.6) is 0 Å². The number of anilines is 1. The fourth-order valence-electron chi connectivity index (χ4n) is 1.72. The average Bonchev–Trinajstić information content (AvgIpc) is 2.28. The van der Waals surface area contributed by atoms with E-state index < -0.39 is 12.7 Å². The van der Waals surface area contributed by atoms with Crippen molar-refractivity contribution >= 4 is 5.82 Å². The van der Waals surface area contributed by atoms with E-state index in [4.69, 9.17) is 5.84 Å². The zero-order valence-corrected chi connectivity index (χ0v) is 10.2. The fourth-order valence-corrected chi connectivity index (χ4v) is 1.72. The molecule has 0 atom stereocenters. The number of alkyl halides is 3. The number of hydrogen-bond donors (Lipinski definition) is 2. The molecule has 1 aromatic rings. The normalized spacial score (nSPS) is 11.9. The van der Waals surface area contributed by atoms with Crippen molar-refractivity contribution in [3.05, 3.63) is 23.9 Å². The number of nitrogens with two attached hydrogens (primary N) is 1. The largest absolute Gasteiger partial charge is 0.401 e. The van der Waals surface area contributed by atoms with Gasteiger partial charge in [-0.3, -0.25) is 4.90 Å². The summed E-state index contributed by atoms with van der Waals surface area (Å²) in [5, 5.41) is 0. The first-order valence-electron chi connectivity index (χ1n) is 5.66. The molecule has 0 aliphatic heterocycles. The van der Waals surface area contributed by atoms with Gasteiger partial charge in [0.05, 0.1) is 6.54 Å². The van der Waals surface area contributed by atoms with Gasteiger partial charge < -0.3 is 5.43 Å². The maximum absolute atomic E-state index is 12.4. The number of hydrogen-bond acceptors (Lipinski definition) is 4. The topological polar surface area (TPSA) is 54.2 Å². The van der Waals surface area contributed by atoms with E-state index in [9.17, 15) is 13.2 Å². The second-order valence-electron chi connectivity index (χ2n) is 3.98. The van der Waals surface area contributed by atoms with E-state index in [1.54, 1.807) is 12.1 Å². The average molecular weight is 262 g/mol. The van der Waals surface area contributed by atoms with Crippen LogP contribution >= 0.6 is 0 Å². The van der Waals surface area contributed by atoms with Crippen molar-refractivity contribution in [1.82, 2.24) is 9.88 Å². The van der Waals surface area contributed by atoms with E-state index in [-0.39, 0.29) is 6.54 Å². The molecule has 0 aromatic carbocycles. The van der Waals surface area contributed by atoms with Gasteiger partial charge in [0.1, 0.15) is 5.82 Å². The monoisotopic (exact) mass is 262 g/mol. The molecule has 0 amide bonds. The standard InChI is InChI=1S/C11H17F3N4/c1-2-6-18(8-11(12,13)14)7-9-4-3-5-16-10(9)17-15/h3-5H,2,6-8,15H2,1H3,(H,16,17). The van der Waals surface area contributed by atoms with Gasteiger partial charge in [0.15, 0.2) is 0 Å². The highest BCUT2D eigenvalue weighted by Gasteiger charge is 2.30. The van der Waals surface area contributed by atoms with E-state index >= 15 is 0 Å². The molecular formula is C11H17F3N4. The summed E-state index contributed by atoms with van der Waals surface area (Å²) in [7, 11) is 0. The number of rotatable bonds is 6.